The van der Waals surface area contributed by atoms with Crippen molar-refractivity contribution in [3.8, 4) is 11.8 Å². The maximum Gasteiger partial charge on any atom is 0.303 e. The van der Waals surface area contributed by atoms with Gasteiger partial charge in [-0.2, -0.15) is 0 Å². The molecule has 1 saturated heterocycles. The first kappa shape index (κ1) is 16.8. The average Bonchev–Trinajstić information content (AvgIpc) is 3.05. The summed E-state index contributed by atoms with van der Waals surface area (Å²) in [6, 6.07) is 0. The van der Waals surface area contributed by atoms with Crippen LogP contribution in [0.3, 0.4) is 0 Å². The molecular formula is C17H26O3. The van der Waals surface area contributed by atoms with Crippen molar-refractivity contribution >= 4 is 5.97 Å². The van der Waals surface area contributed by atoms with Crippen LogP contribution in [0.1, 0.15) is 59.3 Å². The largest absolute Gasteiger partial charge is 0.459 e. The van der Waals surface area contributed by atoms with E-state index in [1.54, 1.807) is 6.08 Å². The highest BCUT2D eigenvalue weighted by Gasteiger charge is 2.56. The number of rotatable bonds is 8. The normalized spacial score (nSPS) is 25.2. The quantitative estimate of drug-likeness (QED) is 0.224. The average molecular weight is 278 g/mol. The van der Waals surface area contributed by atoms with Crippen molar-refractivity contribution in [1.29, 1.82) is 0 Å². The fourth-order valence-electron chi connectivity index (χ4n) is 2.25. The molecule has 0 amide bonds. The van der Waals surface area contributed by atoms with Gasteiger partial charge in [0.15, 0.2) is 5.60 Å². The van der Waals surface area contributed by atoms with Crippen LogP contribution < -0.4 is 0 Å². The van der Waals surface area contributed by atoms with Crippen LogP contribution in [0.25, 0.3) is 0 Å². The highest BCUT2D eigenvalue weighted by molar-refractivity contribution is 5.66. The molecule has 0 unspecified atom stereocenters. The Morgan fingerprint density at radius 2 is 2.25 bits per heavy atom. The smallest absolute Gasteiger partial charge is 0.303 e. The molecule has 112 valence electrons. The van der Waals surface area contributed by atoms with Gasteiger partial charge in [0.2, 0.25) is 0 Å². The fraction of sp³-hybridized carbons (Fsp3) is 0.706. The van der Waals surface area contributed by atoms with Gasteiger partial charge in [0.25, 0.3) is 0 Å². The Hall–Kier alpha value is -1.27. The van der Waals surface area contributed by atoms with Crippen molar-refractivity contribution in [2.24, 2.45) is 0 Å². The number of carbonyl (C=O) groups excluding carboxylic acids is 1. The maximum atomic E-state index is 11.1. The van der Waals surface area contributed by atoms with Crippen molar-refractivity contribution in [2.45, 2.75) is 77.1 Å². The summed E-state index contributed by atoms with van der Waals surface area (Å²) in [4.78, 5) is 11.1. The standard InChI is InChI=1S/C17H26O3/c1-5-7-8-9-10-11-13-17(4)16(20-17)15(12-6-2)19-14(3)18/h6,15-16H,2,5,7-10,12H2,1,3-4H3/t15-,16+,17-/m0/s1. The number of epoxide rings is 1. The second kappa shape index (κ2) is 8.11. The maximum absolute atomic E-state index is 11.1. The highest BCUT2D eigenvalue weighted by atomic mass is 16.6. The molecule has 1 aliphatic heterocycles. The highest BCUT2D eigenvalue weighted by Crippen LogP contribution is 2.40. The summed E-state index contributed by atoms with van der Waals surface area (Å²) in [5.41, 5.74) is -0.464. The molecule has 1 aliphatic rings. The zero-order chi connectivity index (χ0) is 15.0. The van der Waals surface area contributed by atoms with Crippen molar-refractivity contribution in [3.05, 3.63) is 12.7 Å². The zero-order valence-electron chi connectivity index (χ0n) is 12.9. The van der Waals surface area contributed by atoms with E-state index in [0.29, 0.717) is 6.42 Å². The summed E-state index contributed by atoms with van der Waals surface area (Å²) in [5, 5.41) is 0. The van der Waals surface area contributed by atoms with Crippen molar-refractivity contribution < 1.29 is 14.3 Å². The Labute approximate surface area is 122 Å². The van der Waals surface area contributed by atoms with Crippen molar-refractivity contribution in [2.75, 3.05) is 0 Å². The van der Waals surface area contributed by atoms with Crippen LogP contribution >= 0.6 is 0 Å². The van der Waals surface area contributed by atoms with E-state index in [0.717, 1.165) is 12.8 Å². The van der Waals surface area contributed by atoms with E-state index in [1.807, 2.05) is 6.92 Å². The molecule has 0 N–H and O–H groups in total. The van der Waals surface area contributed by atoms with Gasteiger partial charge in [-0.1, -0.05) is 38.2 Å². The number of hydrogen-bond donors (Lipinski definition) is 0. The summed E-state index contributed by atoms with van der Waals surface area (Å²) in [6.07, 6.45) is 7.72. The van der Waals surface area contributed by atoms with E-state index in [-0.39, 0.29) is 18.2 Å². The van der Waals surface area contributed by atoms with Crippen LogP contribution in [0.4, 0.5) is 0 Å². The zero-order valence-corrected chi connectivity index (χ0v) is 12.9. The lowest BCUT2D eigenvalue weighted by molar-refractivity contribution is -0.147. The van der Waals surface area contributed by atoms with Crippen LogP contribution in [0.15, 0.2) is 12.7 Å². The van der Waals surface area contributed by atoms with Gasteiger partial charge in [0.1, 0.15) is 12.2 Å². The molecule has 3 heteroatoms. The molecule has 1 rings (SSSR count). The van der Waals surface area contributed by atoms with Gasteiger partial charge in [-0.15, -0.1) is 12.5 Å². The SMILES string of the molecule is C=CC[C@H](OC(C)=O)[C@H]1O[C@@]1(C)C#CCCCCCC. The Balaban J connectivity index is 2.41. The molecule has 0 aromatic rings. The van der Waals surface area contributed by atoms with Gasteiger partial charge in [-0.25, -0.2) is 0 Å². The van der Waals surface area contributed by atoms with E-state index in [1.165, 1.54) is 26.2 Å². The van der Waals surface area contributed by atoms with Crippen LogP contribution in [0.5, 0.6) is 0 Å². The molecule has 3 nitrogen and oxygen atoms in total. The predicted octanol–water partition coefficient (Wildman–Crippen LogP) is 3.63. The van der Waals surface area contributed by atoms with Gasteiger partial charge in [0, 0.05) is 19.8 Å². The van der Waals surface area contributed by atoms with E-state index in [2.05, 4.69) is 25.3 Å². The Morgan fingerprint density at radius 3 is 2.85 bits per heavy atom. The summed E-state index contributed by atoms with van der Waals surface area (Å²) < 4.78 is 10.9. The monoisotopic (exact) mass is 278 g/mol. The third kappa shape index (κ3) is 5.38. The van der Waals surface area contributed by atoms with Gasteiger partial charge in [0.05, 0.1) is 0 Å². The van der Waals surface area contributed by atoms with Crippen molar-refractivity contribution in [3.63, 3.8) is 0 Å². The van der Waals surface area contributed by atoms with Crippen LogP contribution in [-0.4, -0.2) is 23.8 Å². The molecule has 0 spiro atoms. The topological polar surface area (TPSA) is 38.8 Å². The fourth-order valence-corrected chi connectivity index (χ4v) is 2.25. The minimum atomic E-state index is -0.464. The lowest BCUT2D eigenvalue weighted by Crippen LogP contribution is -2.26. The van der Waals surface area contributed by atoms with Gasteiger partial charge < -0.3 is 9.47 Å². The Morgan fingerprint density at radius 1 is 1.50 bits per heavy atom. The van der Waals surface area contributed by atoms with E-state index >= 15 is 0 Å². The third-order valence-corrected chi connectivity index (χ3v) is 3.40. The second-order valence-electron chi connectivity index (χ2n) is 5.43. The van der Waals surface area contributed by atoms with Crippen molar-refractivity contribution in [1.82, 2.24) is 0 Å². The Bertz CT molecular complexity index is 391. The first-order valence-electron chi connectivity index (χ1n) is 7.49. The van der Waals surface area contributed by atoms with Gasteiger partial charge >= 0.3 is 5.97 Å². The number of esters is 1. The van der Waals surface area contributed by atoms with Crippen LogP contribution in [0, 0.1) is 11.8 Å². The molecule has 0 aromatic heterocycles. The molecule has 1 heterocycles. The van der Waals surface area contributed by atoms with Crippen LogP contribution in [-0.2, 0) is 14.3 Å². The first-order chi connectivity index (χ1) is 9.53. The number of hydrogen-bond acceptors (Lipinski definition) is 3. The number of carbonyl (C=O) groups is 1. The molecule has 0 bridgehead atoms. The second-order valence-corrected chi connectivity index (χ2v) is 5.43. The minimum Gasteiger partial charge on any atom is -0.459 e. The summed E-state index contributed by atoms with van der Waals surface area (Å²) in [6.45, 7) is 9.25. The molecule has 0 radical (unpaired) electrons. The van der Waals surface area contributed by atoms with Crippen LogP contribution in [0.2, 0.25) is 0 Å². The molecule has 0 saturated carbocycles. The molecule has 0 aliphatic carbocycles. The third-order valence-electron chi connectivity index (χ3n) is 3.40. The lowest BCUT2D eigenvalue weighted by Gasteiger charge is -2.13. The molecule has 1 fully saturated rings. The molecular weight excluding hydrogens is 252 g/mol. The molecule has 3 atom stereocenters. The van der Waals surface area contributed by atoms with E-state index in [9.17, 15) is 4.79 Å². The minimum absolute atomic E-state index is 0.132. The first-order valence-corrected chi connectivity index (χ1v) is 7.49. The van der Waals surface area contributed by atoms with E-state index in [4.69, 9.17) is 9.47 Å². The summed E-state index contributed by atoms with van der Waals surface area (Å²) in [7, 11) is 0. The molecule has 0 aromatic carbocycles. The number of unbranched alkanes of at least 4 members (excludes halogenated alkanes) is 4. The van der Waals surface area contributed by atoms with Gasteiger partial charge in [-0.3, -0.25) is 4.79 Å². The van der Waals surface area contributed by atoms with Gasteiger partial charge in [-0.05, 0) is 13.3 Å². The Kier molecular flexibility index (Phi) is 6.81. The van der Waals surface area contributed by atoms with E-state index < -0.39 is 5.60 Å². The summed E-state index contributed by atoms with van der Waals surface area (Å²) >= 11 is 0. The predicted molar refractivity (Wildman–Crippen MR) is 80.2 cm³/mol. The number of ether oxygens (including phenoxy) is 2. The lowest BCUT2D eigenvalue weighted by atomic mass is 10.0. The molecule has 20 heavy (non-hydrogen) atoms. The summed E-state index contributed by atoms with van der Waals surface area (Å²) in [5.74, 6) is 6.07.